The van der Waals surface area contributed by atoms with Gasteiger partial charge in [-0.3, -0.25) is 14.5 Å². The van der Waals surface area contributed by atoms with Crippen LogP contribution in [-0.4, -0.2) is 65.9 Å². The van der Waals surface area contributed by atoms with E-state index >= 15 is 0 Å². The van der Waals surface area contributed by atoms with Crippen LogP contribution in [0.1, 0.15) is 31.1 Å². The molecule has 1 aliphatic rings. The van der Waals surface area contributed by atoms with Gasteiger partial charge in [-0.25, -0.2) is 4.79 Å². The van der Waals surface area contributed by atoms with Crippen molar-refractivity contribution < 1.29 is 14.4 Å². The van der Waals surface area contributed by atoms with E-state index in [4.69, 9.17) is 0 Å². The minimum absolute atomic E-state index is 0.0700. The molecule has 2 aromatic rings. The van der Waals surface area contributed by atoms with E-state index in [1.54, 1.807) is 29.2 Å². The Bertz CT molecular complexity index is 948. The van der Waals surface area contributed by atoms with Crippen LogP contribution in [0.4, 0.5) is 16.2 Å². The molecule has 8 heteroatoms. The highest BCUT2D eigenvalue weighted by Gasteiger charge is 2.23. The van der Waals surface area contributed by atoms with Crippen LogP contribution >= 0.6 is 0 Å². The summed E-state index contributed by atoms with van der Waals surface area (Å²) >= 11 is 0. The molecule has 0 aromatic heterocycles. The number of nitrogens with zero attached hydrogens (tertiary/aromatic N) is 2. The number of carbonyl (C=O) groups is 3. The summed E-state index contributed by atoms with van der Waals surface area (Å²) in [6.45, 7) is 8.32. The van der Waals surface area contributed by atoms with E-state index in [0.717, 1.165) is 5.69 Å². The number of rotatable bonds is 5. The van der Waals surface area contributed by atoms with Crippen LogP contribution in [0, 0.1) is 0 Å². The summed E-state index contributed by atoms with van der Waals surface area (Å²) in [5, 5.41) is 8.66. The average molecular weight is 438 g/mol. The maximum Gasteiger partial charge on any atom is 0.321 e. The van der Waals surface area contributed by atoms with Gasteiger partial charge in [0.2, 0.25) is 5.91 Å². The minimum atomic E-state index is -0.339. The van der Waals surface area contributed by atoms with Crippen LogP contribution in [0.5, 0.6) is 0 Å². The van der Waals surface area contributed by atoms with E-state index < -0.39 is 0 Å². The zero-order chi connectivity index (χ0) is 23.1. The van der Waals surface area contributed by atoms with Crippen LogP contribution < -0.4 is 16.0 Å². The maximum atomic E-state index is 12.7. The summed E-state index contributed by atoms with van der Waals surface area (Å²) in [6.07, 6.45) is 0. The number of amides is 4. The zero-order valence-corrected chi connectivity index (χ0v) is 18.9. The summed E-state index contributed by atoms with van der Waals surface area (Å²) in [6, 6.07) is 16.0. The predicted octanol–water partition coefficient (Wildman–Crippen LogP) is 3.00. The van der Waals surface area contributed by atoms with Gasteiger partial charge in [0, 0.05) is 48.7 Å². The molecule has 0 bridgehead atoms. The number of nitrogens with one attached hydrogen (secondary N) is 3. The third kappa shape index (κ3) is 7.09. The van der Waals surface area contributed by atoms with Crippen LogP contribution in [0.3, 0.4) is 0 Å². The highest BCUT2D eigenvalue weighted by molar-refractivity contribution is 5.97. The number of urea groups is 1. The molecule has 0 atom stereocenters. The quantitative estimate of drug-likeness (QED) is 0.670. The molecule has 0 radical (unpaired) electrons. The van der Waals surface area contributed by atoms with Crippen LogP contribution in [0.25, 0.3) is 0 Å². The fraction of sp³-hybridized carbons (Fsp3) is 0.375. The average Bonchev–Trinajstić information content (AvgIpc) is 2.74. The number of benzene rings is 2. The van der Waals surface area contributed by atoms with Gasteiger partial charge in [0.25, 0.3) is 5.91 Å². The van der Waals surface area contributed by atoms with E-state index in [1.165, 1.54) is 0 Å². The van der Waals surface area contributed by atoms with Crippen molar-refractivity contribution in [3.63, 3.8) is 0 Å². The van der Waals surface area contributed by atoms with Crippen LogP contribution in [0.2, 0.25) is 0 Å². The normalized spacial score (nSPS) is 14.5. The Labute approximate surface area is 189 Å². The van der Waals surface area contributed by atoms with E-state index in [2.05, 4.69) is 16.0 Å². The topological polar surface area (TPSA) is 93.8 Å². The molecular weight excluding hydrogens is 406 g/mol. The largest absolute Gasteiger partial charge is 0.347 e. The van der Waals surface area contributed by atoms with Gasteiger partial charge >= 0.3 is 6.03 Å². The third-order valence-electron chi connectivity index (χ3n) is 4.95. The molecule has 1 heterocycles. The Hall–Kier alpha value is -3.39. The van der Waals surface area contributed by atoms with Crippen molar-refractivity contribution in [3.8, 4) is 0 Å². The Morgan fingerprint density at radius 3 is 2.16 bits per heavy atom. The second kappa shape index (κ2) is 10.3. The summed E-state index contributed by atoms with van der Waals surface area (Å²) in [5.41, 5.74) is 1.50. The van der Waals surface area contributed by atoms with Crippen molar-refractivity contribution in [2.45, 2.75) is 26.3 Å². The highest BCUT2D eigenvalue weighted by Crippen LogP contribution is 2.14. The lowest BCUT2D eigenvalue weighted by molar-refractivity contribution is -0.117. The summed E-state index contributed by atoms with van der Waals surface area (Å²) in [5.74, 6) is -0.254. The van der Waals surface area contributed by atoms with E-state index in [-0.39, 0.29) is 29.9 Å². The van der Waals surface area contributed by atoms with E-state index in [0.29, 0.717) is 37.4 Å². The molecule has 4 amide bonds. The first-order valence-electron chi connectivity index (χ1n) is 10.8. The summed E-state index contributed by atoms with van der Waals surface area (Å²) in [4.78, 5) is 41.0. The first-order chi connectivity index (χ1) is 15.2. The summed E-state index contributed by atoms with van der Waals surface area (Å²) < 4.78 is 0. The molecule has 1 aliphatic heterocycles. The predicted molar refractivity (Wildman–Crippen MR) is 126 cm³/mol. The number of anilines is 2. The van der Waals surface area contributed by atoms with Crippen molar-refractivity contribution >= 4 is 29.2 Å². The molecule has 170 valence electrons. The van der Waals surface area contributed by atoms with E-state index in [1.807, 2.05) is 56.0 Å². The molecule has 8 nitrogen and oxygen atoms in total. The molecule has 0 spiro atoms. The van der Waals surface area contributed by atoms with Gasteiger partial charge in [0.1, 0.15) is 0 Å². The second-order valence-corrected chi connectivity index (χ2v) is 8.89. The van der Waals surface area contributed by atoms with Gasteiger partial charge < -0.3 is 20.9 Å². The molecule has 0 unspecified atom stereocenters. The van der Waals surface area contributed by atoms with Crippen molar-refractivity contribution in [1.82, 2.24) is 15.1 Å². The van der Waals surface area contributed by atoms with Crippen molar-refractivity contribution in [1.29, 1.82) is 0 Å². The van der Waals surface area contributed by atoms with Gasteiger partial charge in [-0.1, -0.05) is 24.3 Å². The first kappa shape index (κ1) is 23.3. The van der Waals surface area contributed by atoms with Crippen molar-refractivity contribution in [3.05, 3.63) is 60.2 Å². The molecular formula is C24H31N5O3. The Balaban J connectivity index is 1.47. The van der Waals surface area contributed by atoms with Gasteiger partial charge in [-0.15, -0.1) is 0 Å². The second-order valence-electron chi connectivity index (χ2n) is 8.89. The number of piperazine rings is 1. The number of para-hydroxylation sites is 1. The van der Waals surface area contributed by atoms with Crippen molar-refractivity contribution in [2.75, 3.05) is 43.4 Å². The molecule has 3 N–H and O–H groups in total. The lowest BCUT2D eigenvalue weighted by Crippen LogP contribution is -2.51. The van der Waals surface area contributed by atoms with Gasteiger partial charge in [0.05, 0.1) is 6.54 Å². The van der Waals surface area contributed by atoms with Crippen LogP contribution in [-0.2, 0) is 4.79 Å². The van der Waals surface area contributed by atoms with Gasteiger partial charge in [0.15, 0.2) is 0 Å². The van der Waals surface area contributed by atoms with Gasteiger partial charge in [-0.05, 0) is 51.1 Å². The number of hydrogen-bond donors (Lipinski definition) is 3. The molecule has 0 aliphatic carbocycles. The van der Waals surface area contributed by atoms with E-state index in [9.17, 15) is 14.4 Å². The smallest absolute Gasteiger partial charge is 0.321 e. The molecule has 1 fully saturated rings. The minimum Gasteiger partial charge on any atom is -0.347 e. The lowest BCUT2D eigenvalue weighted by atomic mass is 10.1. The SMILES string of the molecule is CC(C)(C)NC(=O)c1cccc(NC(=O)N2CCN(CC(=O)Nc3ccccc3)CC2)c1. The molecule has 1 saturated heterocycles. The molecule has 32 heavy (non-hydrogen) atoms. The standard InChI is InChI=1S/C24H31N5O3/c1-24(2,3)27-22(31)18-8-7-11-20(16-18)26-23(32)29-14-12-28(13-15-29)17-21(30)25-19-9-5-4-6-10-19/h4-11,16H,12-15,17H2,1-3H3,(H,25,30)(H,26,32)(H,27,31). The lowest BCUT2D eigenvalue weighted by Gasteiger charge is -2.34. The fourth-order valence-electron chi connectivity index (χ4n) is 3.39. The maximum absolute atomic E-state index is 12.7. The molecule has 2 aromatic carbocycles. The first-order valence-corrected chi connectivity index (χ1v) is 10.8. The number of hydrogen-bond acceptors (Lipinski definition) is 4. The Kier molecular flexibility index (Phi) is 7.48. The monoisotopic (exact) mass is 437 g/mol. The molecule has 0 saturated carbocycles. The summed E-state index contributed by atoms with van der Waals surface area (Å²) in [7, 11) is 0. The van der Waals surface area contributed by atoms with Crippen LogP contribution in [0.15, 0.2) is 54.6 Å². The Morgan fingerprint density at radius 1 is 0.844 bits per heavy atom. The van der Waals surface area contributed by atoms with Gasteiger partial charge in [-0.2, -0.15) is 0 Å². The molecule has 3 rings (SSSR count). The Morgan fingerprint density at radius 2 is 1.50 bits per heavy atom. The fourth-order valence-corrected chi connectivity index (χ4v) is 3.39. The van der Waals surface area contributed by atoms with Crippen molar-refractivity contribution in [2.24, 2.45) is 0 Å². The third-order valence-corrected chi connectivity index (χ3v) is 4.95. The highest BCUT2D eigenvalue weighted by atomic mass is 16.2. The number of carbonyl (C=O) groups excluding carboxylic acids is 3. The zero-order valence-electron chi connectivity index (χ0n) is 18.9.